The molecule has 2 aromatic rings. The molecule has 0 atom stereocenters. The van der Waals surface area contributed by atoms with Crippen LogP contribution in [0.1, 0.15) is 12.5 Å². The molecule has 0 radical (unpaired) electrons. The van der Waals surface area contributed by atoms with Crippen molar-refractivity contribution >= 4 is 23.1 Å². The number of pyridine rings is 1. The summed E-state index contributed by atoms with van der Waals surface area (Å²) in [7, 11) is 0. The van der Waals surface area contributed by atoms with Crippen LogP contribution in [-0.2, 0) is 0 Å². The molecule has 0 aliphatic rings. The van der Waals surface area contributed by atoms with Crippen LogP contribution in [-0.4, -0.2) is 16.5 Å². The number of nitrogens with zero attached hydrogens (tertiary/aromatic N) is 2. The van der Waals surface area contributed by atoms with Gasteiger partial charge in [0.15, 0.2) is 0 Å². The second-order valence-corrected chi connectivity index (χ2v) is 4.75. The van der Waals surface area contributed by atoms with Crippen molar-refractivity contribution in [1.29, 1.82) is 0 Å². The summed E-state index contributed by atoms with van der Waals surface area (Å²) in [4.78, 5) is 14.6. The van der Waals surface area contributed by atoms with Crippen molar-refractivity contribution in [2.75, 3.05) is 11.9 Å². The third-order valence-electron chi connectivity index (χ3n) is 2.69. The summed E-state index contributed by atoms with van der Waals surface area (Å²) in [5.74, 6) is 0.733. The van der Waals surface area contributed by atoms with Gasteiger partial charge in [-0.05, 0) is 37.6 Å². The Morgan fingerprint density at radius 1 is 1.38 bits per heavy atom. The highest BCUT2D eigenvalue weighted by Gasteiger charge is 2.19. The van der Waals surface area contributed by atoms with E-state index >= 15 is 0 Å². The first kappa shape index (κ1) is 15.1. The molecule has 0 saturated carbocycles. The van der Waals surface area contributed by atoms with Gasteiger partial charge in [0.1, 0.15) is 11.6 Å². The minimum Gasteiger partial charge on any atom is -0.432 e. The Morgan fingerprint density at radius 2 is 2.14 bits per heavy atom. The highest BCUT2D eigenvalue weighted by molar-refractivity contribution is 6.32. The van der Waals surface area contributed by atoms with Gasteiger partial charge in [-0.1, -0.05) is 17.7 Å². The van der Waals surface area contributed by atoms with Gasteiger partial charge >= 0.3 is 11.6 Å². The molecule has 1 N–H and O–H groups in total. The Balaban J connectivity index is 2.40. The molecule has 0 saturated heterocycles. The van der Waals surface area contributed by atoms with Crippen LogP contribution in [0.3, 0.4) is 0 Å². The minimum absolute atomic E-state index is 0.0933. The third kappa shape index (κ3) is 3.61. The standard InChI is InChI=1S/C14H14ClN3O3/c1-3-16-13-7-5-11(18(19)20)14(17-13)21-12-6-4-9(2)8-10(12)15/h4-8H,3H2,1-2H3,(H,16,17). The fourth-order valence-corrected chi connectivity index (χ4v) is 1.99. The lowest BCUT2D eigenvalue weighted by atomic mass is 10.2. The minimum atomic E-state index is -0.542. The van der Waals surface area contributed by atoms with Gasteiger partial charge in [0, 0.05) is 12.6 Å². The molecule has 7 heteroatoms. The van der Waals surface area contributed by atoms with Crippen molar-refractivity contribution in [3.05, 3.63) is 51.0 Å². The molecule has 1 aromatic carbocycles. The van der Waals surface area contributed by atoms with Gasteiger partial charge in [-0.25, -0.2) is 0 Å². The normalized spacial score (nSPS) is 10.2. The maximum absolute atomic E-state index is 11.1. The Morgan fingerprint density at radius 3 is 2.76 bits per heavy atom. The topological polar surface area (TPSA) is 77.3 Å². The highest BCUT2D eigenvalue weighted by atomic mass is 35.5. The predicted molar refractivity (Wildman–Crippen MR) is 81.3 cm³/mol. The summed E-state index contributed by atoms with van der Waals surface area (Å²) < 4.78 is 5.52. The van der Waals surface area contributed by atoms with Crippen LogP contribution in [0.4, 0.5) is 11.5 Å². The van der Waals surface area contributed by atoms with E-state index in [1.165, 1.54) is 12.1 Å². The molecule has 0 bridgehead atoms. The second kappa shape index (κ2) is 6.41. The van der Waals surface area contributed by atoms with E-state index in [4.69, 9.17) is 16.3 Å². The van der Waals surface area contributed by atoms with E-state index in [1.54, 1.807) is 18.2 Å². The summed E-state index contributed by atoms with van der Waals surface area (Å²) in [6.45, 7) is 4.44. The van der Waals surface area contributed by atoms with Crippen LogP contribution in [0.25, 0.3) is 0 Å². The Hall–Kier alpha value is -2.34. The molecular weight excluding hydrogens is 294 g/mol. The molecule has 0 unspecified atom stereocenters. The number of anilines is 1. The average Bonchev–Trinajstić information content (AvgIpc) is 2.42. The average molecular weight is 308 g/mol. The number of hydrogen-bond acceptors (Lipinski definition) is 5. The molecule has 6 nitrogen and oxygen atoms in total. The van der Waals surface area contributed by atoms with Gasteiger partial charge in [-0.2, -0.15) is 4.98 Å². The number of hydrogen-bond donors (Lipinski definition) is 1. The lowest BCUT2D eigenvalue weighted by molar-refractivity contribution is -0.386. The lowest BCUT2D eigenvalue weighted by Gasteiger charge is -2.09. The van der Waals surface area contributed by atoms with Crippen molar-refractivity contribution in [3.63, 3.8) is 0 Å². The maximum Gasteiger partial charge on any atom is 0.331 e. The quantitative estimate of drug-likeness (QED) is 0.662. The molecule has 2 rings (SSSR count). The smallest absolute Gasteiger partial charge is 0.331 e. The van der Waals surface area contributed by atoms with Gasteiger partial charge in [0.25, 0.3) is 0 Å². The lowest BCUT2D eigenvalue weighted by Crippen LogP contribution is -2.02. The molecule has 0 fully saturated rings. The third-order valence-corrected chi connectivity index (χ3v) is 2.98. The van der Waals surface area contributed by atoms with E-state index in [1.807, 2.05) is 13.8 Å². The first-order valence-corrected chi connectivity index (χ1v) is 6.72. The fourth-order valence-electron chi connectivity index (χ4n) is 1.72. The van der Waals surface area contributed by atoms with Crippen molar-refractivity contribution in [3.8, 4) is 11.6 Å². The number of halogens is 1. The van der Waals surface area contributed by atoms with Crippen molar-refractivity contribution in [1.82, 2.24) is 4.98 Å². The number of benzene rings is 1. The van der Waals surface area contributed by atoms with E-state index < -0.39 is 4.92 Å². The Kier molecular flexibility index (Phi) is 4.59. The Bertz CT molecular complexity index is 677. The van der Waals surface area contributed by atoms with Crippen LogP contribution in [0.15, 0.2) is 30.3 Å². The zero-order valence-electron chi connectivity index (χ0n) is 11.6. The molecule has 21 heavy (non-hydrogen) atoms. The van der Waals surface area contributed by atoms with Gasteiger partial charge in [-0.3, -0.25) is 10.1 Å². The molecule has 1 heterocycles. The number of aromatic nitrogens is 1. The molecule has 0 aliphatic carbocycles. The van der Waals surface area contributed by atoms with Crippen molar-refractivity contribution in [2.45, 2.75) is 13.8 Å². The SMILES string of the molecule is CCNc1ccc([N+](=O)[O-])c(Oc2ccc(C)cc2Cl)n1. The van der Waals surface area contributed by atoms with Crippen LogP contribution >= 0.6 is 11.6 Å². The van der Waals surface area contributed by atoms with E-state index in [-0.39, 0.29) is 11.6 Å². The molecule has 0 spiro atoms. The molecule has 0 amide bonds. The first-order chi connectivity index (χ1) is 10.0. The molecule has 1 aromatic heterocycles. The summed E-state index contributed by atoms with van der Waals surface area (Å²) in [5.41, 5.74) is 0.754. The molecule has 0 aliphatic heterocycles. The van der Waals surface area contributed by atoms with E-state index in [0.29, 0.717) is 23.1 Å². The zero-order valence-corrected chi connectivity index (χ0v) is 12.3. The number of ether oxygens (including phenoxy) is 1. The first-order valence-electron chi connectivity index (χ1n) is 6.34. The van der Waals surface area contributed by atoms with Crippen LogP contribution in [0.2, 0.25) is 5.02 Å². The van der Waals surface area contributed by atoms with Gasteiger partial charge in [-0.15, -0.1) is 0 Å². The number of nitrogens with one attached hydrogen (secondary N) is 1. The largest absolute Gasteiger partial charge is 0.432 e. The second-order valence-electron chi connectivity index (χ2n) is 4.34. The fraction of sp³-hybridized carbons (Fsp3) is 0.214. The summed E-state index contributed by atoms with van der Waals surface area (Å²) in [6, 6.07) is 8.06. The van der Waals surface area contributed by atoms with Gasteiger partial charge in [0.05, 0.1) is 9.95 Å². The predicted octanol–water partition coefficient (Wildman–Crippen LogP) is 4.18. The van der Waals surface area contributed by atoms with Crippen LogP contribution < -0.4 is 10.1 Å². The van der Waals surface area contributed by atoms with E-state index in [9.17, 15) is 10.1 Å². The zero-order chi connectivity index (χ0) is 15.4. The summed E-state index contributed by atoms with van der Waals surface area (Å²) in [5, 5.41) is 14.4. The Labute approximate surface area is 126 Å². The summed E-state index contributed by atoms with van der Waals surface area (Å²) in [6.07, 6.45) is 0. The number of nitro groups is 1. The van der Waals surface area contributed by atoms with E-state index in [2.05, 4.69) is 10.3 Å². The molecular formula is C14H14ClN3O3. The number of rotatable bonds is 5. The van der Waals surface area contributed by atoms with Gasteiger partial charge in [0.2, 0.25) is 0 Å². The van der Waals surface area contributed by atoms with Crippen LogP contribution in [0.5, 0.6) is 11.6 Å². The molecule has 110 valence electrons. The summed E-state index contributed by atoms with van der Waals surface area (Å²) >= 11 is 6.07. The highest BCUT2D eigenvalue weighted by Crippen LogP contribution is 2.34. The monoisotopic (exact) mass is 307 g/mol. The van der Waals surface area contributed by atoms with Crippen LogP contribution in [0, 0.1) is 17.0 Å². The van der Waals surface area contributed by atoms with E-state index in [0.717, 1.165) is 5.56 Å². The maximum atomic E-state index is 11.1. The number of aryl methyl sites for hydroxylation is 1. The van der Waals surface area contributed by atoms with Gasteiger partial charge < -0.3 is 10.1 Å². The van der Waals surface area contributed by atoms with Crippen molar-refractivity contribution in [2.24, 2.45) is 0 Å². The van der Waals surface area contributed by atoms with Crippen molar-refractivity contribution < 1.29 is 9.66 Å².